The third-order valence-corrected chi connectivity index (χ3v) is 1.42. The molecule has 0 aliphatic carbocycles. The Labute approximate surface area is 74.5 Å². The topological polar surface area (TPSA) is 55.1 Å². The molecule has 0 aliphatic heterocycles. The standard InChI is InChI=1S/C7H13F3N2O/c8-7(9,10)6(13)12-5-3-1-2-4-11/h1-5,11H2,(H,12,13). The maximum atomic E-state index is 11.6. The fourth-order valence-corrected chi connectivity index (χ4v) is 0.748. The van der Waals surface area contributed by atoms with Gasteiger partial charge in [0.1, 0.15) is 0 Å². The predicted molar refractivity (Wildman–Crippen MR) is 42.0 cm³/mol. The largest absolute Gasteiger partial charge is 0.471 e. The van der Waals surface area contributed by atoms with Crippen LogP contribution in [0.1, 0.15) is 19.3 Å². The highest BCUT2D eigenvalue weighted by Crippen LogP contribution is 2.13. The van der Waals surface area contributed by atoms with Gasteiger partial charge in [-0.1, -0.05) is 6.42 Å². The van der Waals surface area contributed by atoms with Crippen LogP contribution in [0.5, 0.6) is 0 Å². The summed E-state index contributed by atoms with van der Waals surface area (Å²) in [6.45, 7) is 0.575. The number of alkyl halides is 3. The molecule has 0 aromatic rings. The van der Waals surface area contributed by atoms with Gasteiger partial charge in [0.15, 0.2) is 0 Å². The molecular formula is C7H13F3N2O. The quantitative estimate of drug-likeness (QED) is 0.642. The fraction of sp³-hybridized carbons (Fsp3) is 0.857. The van der Waals surface area contributed by atoms with E-state index in [9.17, 15) is 18.0 Å². The van der Waals surface area contributed by atoms with Crippen LogP contribution in [0.25, 0.3) is 0 Å². The number of nitrogens with two attached hydrogens (primary N) is 1. The van der Waals surface area contributed by atoms with Crippen LogP contribution in [0.3, 0.4) is 0 Å². The summed E-state index contributed by atoms with van der Waals surface area (Å²) in [7, 11) is 0. The Balaban J connectivity index is 3.38. The van der Waals surface area contributed by atoms with E-state index < -0.39 is 12.1 Å². The first-order valence-electron chi connectivity index (χ1n) is 4.03. The first-order chi connectivity index (χ1) is 5.98. The van der Waals surface area contributed by atoms with Gasteiger partial charge in [-0.25, -0.2) is 0 Å². The van der Waals surface area contributed by atoms with E-state index in [1.54, 1.807) is 5.32 Å². The van der Waals surface area contributed by atoms with Gasteiger partial charge in [0, 0.05) is 6.54 Å². The second-order valence-corrected chi connectivity index (χ2v) is 2.60. The maximum absolute atomic E-state index is 11.6. The van der Waals surface area contributed by atoms with Gasteiger partial charge in [-0.05, 0) is 19.4 Å². The average molecular weight is 198 g/mol. The number of unbranched alkanes of at least 4 members (excludes halogenated alkanes) is 2. The summed E-state index contributed by atoms with van der Waals surface area (Å²) >= 11 is 0. The third-order valence-electron chi connectivity index (χ3n) is 1.42. The van der Waals surface area contributed by atoms with Crippen molar-refractivity contribution < 1.29 is 18.0 Å². The van der Waals surface area contributed by atoms with E-state index in [4.69, 9.17) is 5.73 Å². The number of rotatable bonds is 5. The van der Waals surface area contributed by atoms with Crippen LogP contribution < -0.4 is 11.1 Å². The first-order valence-corrected chi connectivity index (χ1v) is 4.03. The molecule has 0 rings (SSSR count). The minimum Gasteiger partial charge on any atom is -0.348 e. The lowest BCUT2D eigenvalue weighted by Gasteiger charge is -2.06. The summed E-state index contributed by atoms with van der Waals surface area (Å²) in [4.78, 5) is 10.2. The predicted octanol–water partition coefficient (Wildman–Crippen LogP) is 0.794. The Morgan fingerprint density at radius 1 is 1.23 bits per heavy atom. The number of hydrogen-bond donors (Lipinski definition) is 2. The highest BCUT2D eigenvalue weighted by atomic mass is 19.4. The van der Waals surface area contributed by atoms with Gasteiger partial charge in [-0.3, -0.25) is 4.79 Å². The molecule has 0 heterocycles. The molecule has 3 nitrogen and oxygen atoms in total. The lowest BCUT2D eigenvalue weighted by molar-refractivity contribution is -0.173. The highest BCUT2D eigenvalue weighted by molar-refractivity contribution is 5.81. The molecule has 0 fully saturated rings. The van der Waals surface area contributed by atoms with E-state index in [0.717, 1.165) is 12.8 Å². The van der Waals surface area contributed by atoms with Crippen molar-refractivity contribution in [2.75, 3.05) is 13.1 Å². The van der Waals surface area contributed by atoms with E-state index in [2.05, 4.69) is 0 Å². The van der Waals surface area contributed by atoms with Gasteiger partial charge in [0.25, 0.3) is 0 Å². The smallest absolute Gasteiger partial charge is 0.348 e. The molecule has 0 saturated carbocycles. The lowest BCUT2D eigenvalue weighted by Crippen LogP contribution is -2.37. The molecule has 0 atom stereocenters. The number of nitrogens with one attached hydrogen (secondary N) is 1. The maximum Gasteiger partial charge on any atom is 0.471 e. The van der Waals surface area contributed by atoms with E-state index in [1.165, 1.54) is 0 Å². The van der Waals surface area contributed by atoms with Crippen LogP contribution in [-0.2, 0) is 4.79 Å². The molecule has 13 heavy (non-hydrogen) atoms. The van der Waals surface area contributed by atoms with Crippen molar-refractivity contribution >= 4 is 5.91 Å². The van der Waals surface area contributed by atoms with Gasteiger partial charge in [0.2, 0.25) is 0 Å². The van der Waals surface area contributed by atoms with Gasteiger partial charge in [0.05, 0.1) is 0 Å². The Bertz CT molecular complexity index is 158. The molecule has 0 bridgehead atoms. The van der Waals surface area contributed by atoms with E-state index in [-0.39, 0.29) is 6.54 Å². The van der Waals surface area contributed by atoms with Crippen molar-refractivity contribution in [1.29, 1.82) is 0 Å². The van der Waals surface area contributed by atoms with Crippen molar-refractivity contribution in [3.63, 3.8) is 0 Å². The Kier molecular flexibility index (Phi) is 5.45. The summed E-state index contributed by atoms with van der Waals surface area (Å²) in [6, 6.07) is 0. The molecule has 0 radical (unpaired) electrons. The molecule has 0 aromatic heterocycles. The molecule has 0 aliphatic rings. The van der Waals surface area contributed by atoms with Crippen LogP contribution in [-0.4, -0.2) is 25.2 Å². The number of halogens is 3. The Morgan fingerprint density at radius 3 is 2.31 bits per heavy atom. The first kappa shape index (κ1) is 12.2. The SMILES string of the molecule is NCCCCCNC(=O)C(F)(F)F. The van der Waals surface area contributed by atoms with Crippen molar-refractivity contribution in [3.8, 4) is 0 Å². The second-order valence-electron chi connectivity index (χ2n) is 2.60. The average Bonchev–Trinajstić information content (AvgIpc) is 2.02. The zero-order valence-electron chi connectivity index (χ0n) is 7.16. The van der Waals surface area contributed by atoms with E-state index in [1.807, 2.05) is 0 Å². The number of amides is 1. The molecule has 0 saturated heterocycles. The third kappa shape index (κ3) is 6.39. The molecule has 0 unspecified atom stereocenters. The van der Waals surface area contributed by atoms with Crippen LogP contribution in [0, 0.1) is 0 Å². The van der Waals surface area contributed by atoms with Crippen molar-refractivity contribution in [3.05, 3.63) is 0 Å². The van der Waals surface area contributed by atoms with Gasteiger partial charge >= 0.3 is 12.1 Å². The van der Waals surface area contributed by atoms with Crippen molar-refractivity contribution in [2.45, 2.75) is 25.4 Å². The van der Waals surface area contributed by atoms with E-state index in [0.29, 0.717) is 13.0 Å². The molecule has 0 spiro atoms. The molecule has 78 valence electrons. The molecule has 0 aromatic carbocycles. The molecular weight excluding hydrogens is 185 g/mol. The van der Waals surface area contributed by atoms with Gasteiger partial charge in [-0.2, -0.15) is 13.2 Å². The van der Waals surface area contributed by atoms with Crippen LogP contribution in [0.2, 0.25) is 0 Å². The molecule has 6 heteroatoms. The Hall–Kier alpha value is -0.780. The zero-order chi connectivity index (χ0) is 10.3. The monoisotopic (exact) mass is 198 g/mol. The molecule has 1 amide bonds. The second kappa shape index (κ2) is 5.80. The van der Waals surface area contributed by atoms with Crippen molar-refractivity contribution in [2.24, 2.45) is 5.73 Å². The summed E-state index contributed by atoms with van der Waals surface area (Å²) in [5.74, 6) is -1.87. The summed E-state index contributed by atoms with van der Waals surface area (Å²) in [5, 5.41) is 1.78. The Morgan fingerprint density at radius 2 is 1.85 bits per heavy atom. The number of hydrogen-bond acceptors (Lipinski definition) is 2. The van der Waals surface area contributed by atoms with Crippen LogP contribution >= 0.6 is 0 Å². The summed E-state index contributed by atoms with van der Waals surface area (Å²) < 4.78 is 34.8. The fourth-order valence-electron chi connectivity index (χ4n) is 0.748. The lowest BCUT2D eigenvalue weighted by atomic mass is 10.2. The minimum absolute atomic E-state index is 0.0539. The number of carbonyl (C=O) groups is 1. The number of carbonyl (C=O) groups excluding carboxylic acids is 1. The summed E-state index contributed by atoms with van der Waals surface area (Å²) in [5.41, 5.74) is 5.17. The van der Waals surface area contributed by atoms with Crippen molar-refractivity contribution in [1.82, 2.24) is 5.32 Å². The zero-order valence-corrected chi connectivity index (χ0v) is 7.16. The van der Waals surface area contributed by atoms with Gasteiger partial charge < -0.3 is 11.1 Å². The van der Waals surface area contributed by atoms with Crippen LogP contribution in [0.4, 0.5) is 13.2 Å². The normalized spacial score (nSPS) is 11.4. The van der Waals surface area contributed by atoms with E-state index >= 15 is 0 Å². The van der Waals surface area contributed by atoms with Crippen LogP contribution in [0.15, 0.2) is 0 Å². The highest BCUT2D eigenvalue weighted by Gasteiger charge is 2.37. The summed E-state index contributed by atoms with van der Waals surface area (Å²) in [6.07, 6.45) is -2.75. The van der Waals surface area contributed by atoms with Gasteiger partial charge in [-0.15, -0.1) is 0 Å². The minimum atomic E-state index is -4.77. The molecule has 3 N–H and O–H groups in total.